The summed E-state index contributed by atoms with van der Waals surface area (Å²) in [6.07, 6.45) is 2.89. The van der Waals surface area contributed by atoms with Gasteiger partial charge in [0.2, 0.25) is 5.91 Å². The van der Waals surface area contributed by atoms with E-state index >= 15 is 0 Å². The van der Waals surface area contributed by atoms with Crippen LogP contribution in [0.2, 0.25) is 0 Å². The van der Waals surface area contributed by atoms with E-state index in [4.69, 9.17) is 5.11 Å². The van der Waals surface area contributed by atoms with Crippen LogP contribution in [-0.2, 0) is 9.59 Å². The van der Waals surface area contributed by atoms with Crippen LogP contribution in [0.5, 0.6) is 0 Å². The van der Waals surface area contributed by atoms with Gasteiger partial charge in [-0.15, -0.1) is 0 Å². The van der Waals surface area contributed by atoms with Gasteiger partial charge in [0.15, 0.2) is 0 Å². The van der Waals surface area contributed by atoms with Crippen molar-refractivity contribution in [2.75, 3.05) is 6.54 Å². The maximum absolute atomic E-state index is 11.8. The Labute approximate surface area is 118 Å². The molecule has 1 saturated carbocycles. The molecule has 1 aliphatic carbocycles. The molecule has 20 heavy (non-hydrogen) atoms. The third-order valence-corrected chi connectivity index (χ3v) is 3.48. The molecule has 0 saturated heterocycles. The van der Waals surface area contributed by atoms with Crippen molar-refractivity contribution in [1.29, 1.82) is 0 Å². The minimum Gasteiger partial charge on any atom is -0.481 e. The Morgan fingerprint density at radius 1 is 1.30 bits per heavy atom. The number of amides is 3. The van der Waals surface area contributed by atoms with Crippen LogP contribution in [0.1, 0.15) is 39.5 Å². The molecule has 3 unspecified atom stereocenters. The molecule has 0 aromatic rings. The average molecular weight is 285 g/mol. The topological polar surface area (TPSA) is 108 Å². The summed E-state index contributed by atoms with van der Waals surface area (Å²) in [7, 11) is 0. The fourth-order valence-corrected chi connectivity index (χ4v) is 2.42. The number of imide groups is 1. The van der Waals surface area contributed by atoms with E-state index in [-0.39, 0.29) is 12.0 Å². The highest BCUT2D eigenvalue weighted by molar-refractivity contribution is 5.96. The second-order valence-corrected chi connectivity index (χ2v) is 5.14. The number of carbonyl (C=O) groups excluding carboxylic acids is 2. The average Bonchev–Trinajstić information content (AvgIpc) is 2.39. The molecule has 114 valence electrons. The summed E-state index contributed by atoms with van der Waals surface area (Å²) in [5.41, 5.74) is 0. The van der Waals surface area contributed by atoms with Gasteiger partial charge < -0.3 is 15.7 Å². The Morgan fingerprint density at radius 2 is 2.00 bits per heavy atom. The molecule has 1 fully saturated rings. The number of urea groups is 1. The molecule has 0 aliphatic heterocycles. The van der Waals surface area contributed by atoms with E-state index in [1.807, 2.05) is 0 Å². The number of nitrogens with one attached hydrogen (secondary N) is 3. The summed E-state index contributed by atoms with van der Waals surface area (Å²) in [4.78, 5) is 34.0. The van der Waals surface area contributed by atoms with Crippen LogP contribution in [0.3, 0.4) is 0 Å². The Balaban J connectivity index is 2.40. The highest BCUT2D eigenvalue weighted by Gasteiger charge is 2.28. The minimum atomic E-state index is -0.782. The lowest BCUT2D eigenvalue weighted by molar-refractivity contribution is -0.143. The standard InChI is InChI=1S/C13H23N3O4/c1-3-14-13(20)16-11(17)8(2)15-10-6-4-5-9(7-10)12(18)19/h8-10,15H,3-7H2,1-2H3,(H,18,19)(H2,14,16,17,20). The van der Waals surface area contributed by atoms with Gasteiger partial charge in [-0.2, -0.15) is 0 Å². The maximum atomic E-state index is 11.8. The summed E-state index contributed by atoms with van der Waals surface area (Å²) < 4.78 is 0. The van der Waals surface area contributed by atoms with E-state index in [9.17, 15) is 14.4 Å². The molecule has 0 heterocycles. The molecule has 0 aromatic heterocycles. The van der Waals surface area contributed by atoms with E-state index in [2.05, 4.69) is 16.0 Å². The molecule has 0 radical (unpaired) electrons. The van der Waals surface area contributed by atoms with Crippen molar-refractivity contribution in [3.63, 3.8) is 0 Å². The van der Waals surface area contributed by atoms with Crippen LogP contribution in [0.15, 0.2) is 0 Å². The lowest BCUT2D eigenvalue weighted by atomic mass is 9.85. The van der Waals surface area contributed by atoms with Crippen LogP contribution in [0.25, 0.3) is 0 Å². The molecule has 3 atom stereocenters. The maximum Gasteiger partial charge on any atom is 0.321 e. The van der Waals surface area contributed by atoms with Crippen molar-refractivity contribution in [1.82, 2.24) is 16.0 Å². The lowest BCUT2D eigenvalue weighted by Gasteiger charge is -2.29. The highest BCUT2D eigenvalue weighted by atomic mass is 16.4. The van der Waals surface area contributed by atoms with Crippen LogP contribution >= 0.6 is 0 Å². The predicted molar refractivity (Wildman–Crippen MR) is 73.2 cm³/mol. The van der Waals surface area contributed by atoms with E-state index in [1.54, 1.807) is 13.8 Å². The summed E-state index contributed by atoms with van der Waals surface area (Å²) in [6, 6.07) is -1.05. The van der Waals surface area contributed by atoms with Gasteiger partial charge in [0, 0.05) is 12.6 Å². The van der Waals surface area contributed by atoms with E-state index in [0.717, 1.165) is 12.8 Å². The third kappa shape index (κ3) is 5.16. The predicted octanol–water partition coefficient (Wildman–Crippen LogP) is 0.454. The molecule has 7 heteroatoms. The molecular weight excluding hydrogens is 262 g/mol. The molecule has 7 nitrogen and oxygen atoms in total. The van der Waals surface area contributed by atoms with Crippen molar-refractivity contribution in [2.45, 2.75) is 51.6 Å². The fraction of sp³-hybridized carbons (Fsp3) is 0.769. The number of aliphatic carboxylic acids is 1. The van der Waals surface area contributed by atoms with E-state index in [1.165, 1.54) is 0 Å². The van der Waals surface area contributed by atoms with Crippen molar-refractivity contribution in [2.24, 2.45) is 5.92 Å². The molecule has 0 bridgehead atoms. The monoisotopic (exact) mass is 285 g/mol. The van der Waals surface area contributed by atoms with Gasteiger partial charge in [-0.3, -0.25) is 14.9 Å². The van der Waals surface area contributed by atoms with Gasteiger partial charge in [-0.25, -0.2) is 4.79 Å². The molecule has 1 rings (SSSR count). The zero-order valence-electron chi connectivity index (χ0n) is 11.9. The van der Waals surface area contributed by atoms with Crippen LogP contribution in [-0.4, -0.2) is 41.6 Å². The number of carboxylic acid groups (broad SMARTS) is 1. The van der Waals surface area contributed by atoms with Crippen molar-refractivity contribution in [3.05, 3.63) is 0 Å². The summed E-state index contributed by atoms with van der Waals surface area (Å²) in [6.45, 7) is 3.88. The number of carbonyl (C=O) groups is 3. The zero-order valence-corrected chi connectivity index (χ0v) is 11.9. The smallest absolute Gasteiger partial charge is 0.321 e. The summed E-state index contributed by atoms with van der Waals surface area (Å²) in [5, 5.41) is 16.8. The van der Waals surface area contributed by atoms with Gasteiger partial charge in [-0.1, -0.05) is 6.42 Å². The Kier molecular flexibility index (Phi) is 6.44. The van der Waals surface area contributed by atoms with Gasteiger partial charge in [0.25, 0.3) is 0 Å². The van der Waals surface area contributed by atoms with Crippen molar-refractivity contribution in [3.8, 4) is 0 Å². The number of carboxylic acids is 1. The summed E-state index contributed by atoms with van der Waals surface area (Å²) >= 11 is 0. The first-order valence-corrected chi connectivity index (χ1v) is 7.01. The minimum absolute atomic E-state index is 0.000152. The molecule has 1 aliphatic rings. The summed E-state index contributed by atoms with van der Waals surface area (Å²) in [5.74, 6) is -1.54. The van der Waals surface area contributed by atoms with Gasteiger partial charge >= 0.3 is 12.0 Å². The Bertz CT molecular complexity index is 373. The normalized spacial score (nSPS) is 23.7. The Hall–Kier alpha value is -1.63. The van der Waals surface area contributed by atoms with Gasteiger partial charge in [0.05, 0.1) is 12.0 Å². The van der Waals surface area contributed by atoms with E-state index < -0.39 is 23.9 Å². The lowest BCUT2D eigenvalue weighted by Crippen LogP contribution is -2.51. The largest absolute Gasteiger partial charge is 0.481 e. The molecular formula is C13H23N3O4. The van der Waals surface area contributed by atoms with E-state index in [0.29, 0.717) is 19.4 Å². The molecule has 0 aromatic carbocycles. The van der Waals surface area contributed by atoms with Crippen LogP contribution in [0.4, 0.5) is 4.79 Å². The molecule has 4 N–H and O–H groups in total. The second kappa shape index (κ2) is 7.84. The zero-order chi connectivity index (χ0) is 15.1. The third-order valence-electron chi connectivity index (χ3n) is 3.48. The second-order valence-electron chi connectivity index (χ2n) is 5.14. The molecule has 3 amide bonds. The Morgan fingerprint density at radius 3 is 2.60 bits per heavy atom. The number of hydrogen-bond donors (Lipinski definition) is 4. The number of rotatable bonds is 5. The first kappa shape index (κ1) is 16.4. The first-order valence-electron chi connectivity index (χ1n) is 7.01. The SMILES string of the molecule is CCNC(=O)NC(=O)C(C)NC1CCCC(C(=O)O)C1. The highest BCUT2D eigenvalue weighted by Crippen LogP contribution is 2.24. The van der Waals surface area contributed by atoms with Crippen molar-refractivity contribution < 1.29 is 19.5 Å². The number of hydrogen-bond acceptors (Lipinski definition) is 4. The van der Waals surface area contributed by atoms with Gasteiger partial charge in [0.1, 0.15) is 0 Å². The fourth-order valence-electron chi connectivity index (χ4n) is 2.42. The van der Waals surface area contributed by atoms with Crippen molar-refractivity contribution >= 4 is 17.9 Å². The van der Waals surface area contributed by atoms with Crippen LogP contribution < -0.4 is 16.0 Å². The van der Waals surface area contributed by atoms with Gasteiger partial charge in [-0.05, 0) is 33.1 Å². The molecule has 0 spiro atoms. The quantitative estimate of drug-likeness (QED) is 0.587. The van der Waals surface area contributed by atoms with Crippen LogP contribution in [0, 0.1) is 5.92 Å². The first-order chi connectivity index (χ1) is 9.43.